The highest BCUT2D eigenvalue weighted by molar-refractivity contribution is 5.60. The predicted molar refractivity (Wildman–Crippen MR) is 19.6 cm³/mol. The third-order valence-electron chi connectivity index (χ3n) is 0.384. The molecule has 0 N–H and O–H groups in total. The van der Waals surface area contributed by atoms with Crippen LogP contribution in [0, 0.1) is 0 Å². The third kappa shape index (κ3) is 6.81. The molecule has 0 radical (unpaired) electrons. The molecule has 8 heteroatoms. The molecule has 0 bridgehead atoms. The lowest BCUT2D eigenvalue weighted by molar-refractivity contribution is -0.304. The molecule has 0 unspecified atom stereocenters. The zero-order valence-corrected chi connectivity index (χ0v) is 4.69. The van der Waals surface area contributed by atoms with E-state index >= 15 is 0 Å². The number of ether oxygens (including phenoxy) is 2. The maximum Gasteiger partial charge on any atom is 0.577 e. The van der Waals surface area contributed by atoms with Crippen molar-refractivity contribution in [3.05, 3.63) is 0 Å². The average molecular weight is 180 g/mol. The first kappa shape index (κ1) is 9.92. The van der Waals surface area contributed by atoms with Crippen LogP contribution < -0.4 is 0 Å². The van der Waals surface area contributed by atoms with Gasteiger partial charge < -0.3 is 9.47 Å². The average Bonchev–Trinajstić information content (AvgIpc) is 1.53. The van der Waals surface area contributed by atoms with Crippen molar-refractivity contribution in [2.24, 2.45) is 0 Å². The molecule has 0 aromatic rings. The molecule has 0 rings (SSSR count). The summed E-state index contributed by atoms with van der Waals surface area (Å²) >= 11 is 0. The molecule has 0 fully saturated rings. The van der Waals surface area contributed by atoms with Gasteiger partial charge in [-0.1, -0.05) is 0 Å². The number of rotatable bonds is 1. The predicted octanol–water partition coefficient (Wildman–Crippen LogP) is 1.88. The smallest absolute Gasteiger partial charge is 0.370 e. The number of carbonyl (C=O) groups is 1. The summed E-state index contributed by atoms with van der Waals surface area (Å²) in [7, 11) is 0. The van der Waals surface area contributed by atoms with E-state index in [1.165, 1.54) is 0 Å². The van der Waals surface area contributed by atoms with Crippen LogP contribution in [0.25, 0.3) is 0 Å². The highest BCUT2D eigenvalue weighted by Crippen LogP contribution is 2.17. The van der Waals surface area contributed by atoms with Gasteiger partial charge in [0.05, 0.1) is 0 Å². The zero-order chi connectivity index (χ0) is 9.07. The number of hydrogen-bond acceptors (Lipinski definition) is 3. The molecule has 0 heterocycles. The maximum absolute atomic E-state index is 11.0. The lowest BCUT2D eigenvalue weighted by Gasteiger charge is -2.05. The fraction of sp³-hybridized carbons (Fsp3) is 0.667. The molecule has 3 nitrogen and oxygen atoms in total. The fourth-order valence-electron chi connectivity index (χ4n) is 0.191. The monoisotopic (exact) mass is 180 g/mol. The van der Waals surface area contributed by atoms with E-state index in [2.05, 4.69) is 9.47 Å². The molecule has 0 spiro atoms. The second kappa shape index (κ2) is 3.35. The molecule has 66 valence electrons. The second-order valence-electron chi connectivity index (χ2n) is 1.18. The van der Waals surface area contributed by atoms with Crippen molar-refractivity contribution < 1.29 is 36.2 Å². The van der Waals surface area contributed by atoms with E-state index in [1.54, 1.807) is 0 Å². The SMILES string of the molecule is O=C(OC(F)F)OC(F)(F)F. The highest BCUT2D eigenvalue weighted by atomic mass is 19.4. The summed E-state index contributed by atoms with van der Waals surface area (Å²) in [6, 6.07) is 0. The van der Waals surface area contributed by atoms with Crippen molar-refractivity contribution >= 4 is 6.16 Å². The Morgan fingerprint density at radius 2 is 1.73 bits per heavy atom. The van der Waals surface area contributed by atoms with Gasteiger partial charge in [0, 0.05) is 0 Å². The molecular formula is C3HF5O3. The van der Waals surface area contributed by atoms with Gasteiger partial charge in [-0.15, -0.1) is 13.2 Å². The Morgan fingerprint density at radius 3 is 2.00 bits per heavy atom. The van der Waals surface area contributed by atoms with E-state index in [0.717, 1.165) is 0 Å². The molecule has 0 aliphatic carbocycles. The van der Waals surface area contributed by atoms with Gasteiger partial charge >= 0.3 is 19.1 Å². The first-order valence-electron chi connectivity index (χ1n) is 2.06. The molecule has 0 aromatic carbocycles. The van der Waals surface area contributed by atoms with Crippen LogP contribution in [0.15, 0.2) is 0 Å². The number of halogens is 5. The largest absolute Gasteiger partial charge is 0.577 e. The Balaban J connectivity index is 3.71. The Morgan fingerprint density at radius 1 is 1.27 bits per heavy atom. The minimum atomic E-state index is -5.30. The van der Waals surface area contributed by atoms with E-state index in [-0.39, 0.29) is 0 Å². The lowest BCUT2D eigenvalue weighted by atomic mass is 11.2. The van der Waals surface area contributed by atoms with Crippen molar-refractivity contribution in [2.45, 2.75) is 13.0 Å². The Hall–Kier alpha value is -1.08. The minimum Gasteiger partial charge on any atom is -0.370 e. The third-order valence-corrected chi connectivity index (χ3v) is 0.384. The molecule has 0 atom stereocenters. The Bertz CT molecular complexity index is 140. The van der Waals surface area contributed by atoms with Crippen molar-refractivity contribution in [1.29, 1.82) is 0 Å². The molecule has 0 amide bonds. The number of alkyl halides is 5. The van der Waals surface area contributed by atoms with E-state index in [4.69, 9.17) is 0 Å². The van der Waals surface area contributed by atoms with Gasteiger partial charge in [-0.05, 0) is 0 Å². The van der Waals surface area contributed by atoms with E-state index < -0.39 is 19.1 Å². The minimum absolute atomic E-state index is 2.41. The molecule has 11 heavy (non-hydrogen) atoms. The highest BCUT2D eigenvalue weighted by Gasteiger charge is 2.35. The lowest BCUT2D eigenvalue weighted by Crippen LogP contribution is -2.21. The standard InChI is InChI=1S/C3HF5O3/c4-1(5)10-2(9)11-3(6,7)8/h1H. The van der Waals surface area contributed by atoms with E-state index in [0.29, 0.717) is 0 Å². The molecule has 0 aliphatic heterocycles. The Kier molecular flexibility index (Phi) is 3.02. The summed E-state index contributed by atoms with van der Waals surface area (Å²) in [4.78, 5) is 9.62. The van der Waals surface area contributed by atoms with Gasteiger partial charge in [-0.2, -0.15) is 8.78 Å². The van der Waals surface area contributed by atoms with Crippen molar-refractivity contribution in [3.63, 3.8) is 0 Å². The zero-order valence-electron chi connectivity index (χ0n) is 4.69. The normalized spacial score (nSPS) is 11.5. The van der Waals surface area contributed by atoms with Crippen molar-refractivity contribution in [1.82, 2.24) is 0 Å². The molecule has 0 saturated heterocycles. The van der Waals surface area contributed by atoms with Gasteiger partial charge in [0.25, 0.3) is 0 Å². The fourth-order valence-corrected chi connectivity index (χ4v) is 0.191. The van der Waals surface area contributed by atoms with Gasteiger partial charge in [-0.25, -0.2) is 4.79 Å². The van der Waals surface area contributed by atoms with Gasteiger partial charge in [0.1, 0.15) is 0 Å². The second-order valence-corrected chi connectivity index (χ2v) is 1.18. The maximum atomic E-state index is 11.0. The van der Waals surface area contributed by atoms with Crippen LogP contribution in [-0.2, 0) is 9.47 Å². The van der Waals surface area contributed by atoms with Crippen LogP contribution in [0.2, 0.25) is 0 Å². The van der Waals surface area contributed by atoms with E-state index in [1.807, 2.05) is 0 Å². The topological polar surface area (TPSA) is 35.5 Å². The summed E-state index contributed by atoms with van der Waals surface area (Å²) in [5.41, 5.74) is 0. The molecular weight excluding hydrogens is 179 g/mol. The summed E-state index contributed by atoms with van der Waals surface area (Å²) in [5, 5.41) is 0. The van der Waals surface area contributed by atoms with Gasteiger partial charge in [-0.3, -0.25) is 0 Å². The summed E-state index contributed by atoms with van der Waals surface area (Å²) in [6.45, 7) is -3.62. The quantitative estimate of drug-likeness (QED) is 0.456. The van der Waals surface area contributed by atoms with E-state index in [9.17, 15) is 26.7 Å². The van der Waals surface area contributed by atoms with Crippen LogP contribution in [-0.4, -0.2) is 19.1 Å². The summed E-state index contributed by atoms with van der Waals surface area (Å²) < 4.78 is 60.0. The summed E-state index contributed by atoms with van der Waals surface area (Å²) in [5.74, 6) is 0. The molecule has 0 aromatic heterocycles. The molecule has 0 saturated carbocycles. The summed E-state index contributed by atoms with van der Waals surface area (Å²) in [6.07, 6.45) is -7.78. The van der Waals surface area contributed by atoms with Crippen molar-refractivity contribution in [3.8, 4) is 0 Å². The van der Waals surface area contributed by atoms with Gasteiger partial charge in [0.15, 0.2) is 0 Å². The van der Waals surface area contributed by atoms with Gasteiger partial charge in [0.2, 0.25) is 0 Å². The van der Waals surface area contributed by atoms with Crippen LogP contribution in [0.1, 0.15) is 0 Å². The van der Waals surface area contributed by atoms with Crippen LogP contribution >= 0.6 is 0 Å². The first-order valence-corrected chi connectivity index (χ1v) is 2.06. The Labute approximate surface area is 56.7 Å². The molecule has 0 aliphatic rings. The van der Waals surface area contributed by atoms with Crippen molar-refractivity contribution in [2.75, 3.05) is 0 Å². The number of hydrogen-bond donors (Lipinski definition) is 0. The van der Waals surface area contributed by atoms with Crippen LogP contribution in [0.3, 0.4) is 0 Å². The van der Waals surface area contributed by atoms with Crippen LogP contribution in [0.4, 0.5) is 26.7 Å². The number of carbonyl (C=O) groups excluding carboxylic acids is 1. The van der Waals surface area contributed by atoms with Crippen LogP contribution in [0.5, 0.6) is 0 Å². The first-order chi connectivity index (χ1) is 4.81.